The zero-order chi connectivity index (χ0) is 56.3. The molecule has 0 fully saturated rings. The zero-order valence-corrected chi connectivity index (χ0v) is 37.9. The highest BCUT2D eigenvalue weighted by molar-refractivity contribution is 8.30. The fourth-order valence-corrected chi connectivity index (χ4v) is 10.2. The van der Waals surface area contributed by atoms with Crippen LogP contribution in [-0.4, -0.2) is 13.1 Å². The molecule has 0 aromatic heterocycles. The number of hydrogen-bond acceptors (Lipinski definition) is 6. The van der Waals surface area contributed by atoms with Crippen molar-refractivity contribution in [1.29, 1.82) is 0 Å². The Kier molecular flexibility index (Phi) is 14.8. The lowest BCUT2D eigenvalue weighted by Gasteiger charge is -2.40. The van der Waals surface area contributed by atoms with Crippen molar-refractivity contribution in [2.75, 3.05) is 7.11 Å². The summed E-state index contributed by atoms with van der Waals surface area (Å²) in [5.41, 5.74) is -7.18. The molecule has 0 aliphatic heterocycles. The SMILES string of the molecule is COc1cccc(S(OC(=O)c2cc(Oc3c(F)c(F)c(F)c(F)c3F)c(Oc3c(F)c(F)c(F)c(F)c3F)c(Oc3c(F)c(F)c(F)c(F)c3F)c2-c2c(F)c(F)c(F)c(F)c2F)(c2ccccc2)c2ccccc2)c1. The number of rotatable bonds is 13. The Hall–Kier alpha value is -8.62. The van der Waals surface area contributed by atoms with E-state index in [-0.39, 0.29) is 26.5 Å². The van der Waals surface area contributed by atoms with Crippen LogP contribution < -0.4 is 18.9 Å². The highest BCUT2D eigenvalue weighted by Gasteiger charge is 2.43. The molecular weight excluding hydrogens is 1110 g/mol. The van der Waals surface area contributed by atoms with Crippen molar-refractivity contribution in [3.63, 3.8) is 0 Å². The molecule has 6 nitrogen and oxygen atoms in total. The maximum absolute atomic E-state index is 16.5. The lowest BCUT2D eigenvalue weighted by Crippen LogP contribution is -2.17. The second-order valence-electron chi connectivity index (χ2n) is 15.1. The standard InChI is InChI=1S/C50H18F20O6S/c1-72-17-9-8-14-20(15-17)77(18-10-4-2-5-11-18,19-12-6-3-7-13-19)76-50(71)21-16-22(73-47-39(65)33(59)30(56)34(60)40(47)66)45(74-48-41(67)35(61)31(57)36(62)42(48)68)46(75-49-43(69)37(63)32(58)38(64)44(49)70)23(21)24-25(51)27(53)29(55)28(54)26(24)52/h2-16H,1H3. The van der Waals surface area contributed by atoms with E-state index in [2.05, 4.69) is 0 Å². The van der Waals surface area contributed by atoms with Crippen LogP contribution in [0.3, 0.4) is 0 Å². The lowest BCUT2D eigenvalue weighted by atomic mass is 9.95. The molecule has 0 saturated carbocycles. The predicted octanol–water partition coefficient (Wildman–Crippen LogP) is 16.6. The lowest BCUT2D eigenvalue weighted by molar-refractivity contribution is 0.0757. The smallest absolute Gasteiger partial charge is 0.350 e. The Morgan fingerprint density at radius 2 is 0.675 bits per heavy atom. The van der Waals surface area contributed by atoms with E-state index in [4.69, 9.17) is 23.1 Å². The molecule has 0 atom stereocenters. The van der Waals surface area contributed by atoms with E-state index in [0.29, 0.717) is 0 Å². The minimum atomic E-state index is -4.02. The number of halogens is 20. The fourth-order valence-electron chi connectivity index (χ4n) is 7.17. The minimum absolute atomic E-state index is 0.0315. The molecule has 8 aromatic carbocycles. The molecule has 0 aliphatic rings. The normalized spacial score (nSPS) is 11.7. The van der Waals surface area contributed by atoms with Gasteiger partial charge in [-0.2, -0.15) is 26.3 Å². The molecule has 400 valence electrons. The number of benzene rings is 8. The van der Waals surface area contributed by atoms with Crippen molar-refractivity contribution in [2.24, 2.45) is 0 Å². The molecule has 8 aromatic rings. The van der Waals surface area contributed by atoms with Crippen LogP contribution in [0.1, 0.15) is 10.4 Å². The molecule has 0 radical (unpaired) electrons. The van der Waals surface area contributed by atoms with Gasteiger partial charge in [0.25, 0.3) is 0 Å². The van der Waals surface area contributed by atoms with Gasteiger partial charge < -0.3 is 23.1 Å². The van der Waals surface area contributed by atoms with Crippen molar-refractivity contribution in [1.82, 2.24) is 0 Å². The second-order valence-corrected chi connectivity index (χ2v) is 17.8. The van der Waals surface area contributed by atoms with E-state index in [1.807, 2.05) is 0 Å². The van der Waals surface area contributed by atoms with Crippen LogP contribution in [-0.2, 0) is 4.18 Å². The van der Waals surface area contributed by atoms with Crippen molar-refractivity contribution in [3.05, 3.63) is 213 Å². The van der Waals surface area contributed by atoms with Crippen LogP contribution in [0.4, 0.5) is 87.8 Å². The van der Waals surface area contributed by atoms with Crippen LogP contribution in [0.5, 0.6) is 40.2 Å². The molecule has 0 amide bonds. The van der Waals surface area contributed by atoms with Crippen molar-refractivity contribution >= 4 is 16.3 Å². The molecule has 0 saturated heterocycles. The Bertz CT molecular complexity index is 3580. The van der Waals surface area contributed by atoms with Gasteiger partial charge in [0.15, 0.2) is 34.8 Å². The molecule has 0 bridgehead atoms. The maximum atomic E-state index is 16.5. The number of hydrogen-bond donors (Lipinski definition) is 0. The van der Waals surface area contributed by atoms with Crippen LogP contribution in [0, 0.1) is 116 Å². The fraction of sp³-hybridized carbons (Fsp3) is 0.0200. The molecule has 0 N–H and O–H groups in total. The first-order valence-corrected chi connectivity index (χ1v) is 22.1. The molecule has 27 heteroatoms. The number of methoxy groups -OCH3 is 1. The highest BCUT2D eigenvalue weighted by Crippen LogP contribution is 2.70. The minimum Gasteiger partial charge on any atom is -0.497 e. The number of ether oxygens (including phenoxy) is 4. The first-order chi connectivity index (χ1) is 36.4. The second kappa shape index (κ2) is 20.8. The van der Waals surface area contributed by atoms with Gasteiger partial charge in [0, 0.05) is 26.3 Å². The molecule has 0 heterocycles. The summed E-state index contributed by atoms with van der Waals surface area (Å²) in [6.07, 6.45) is 0. The largest absolute Gasteiger partial charge is 0.497 e. The maximum Gasteiger partial charge on any atom is 0.350 e. The van der Waals surface area contributed by atoms with E-state index in [9.17, 15) is 43.9 Å². The van der Waals surface area contributed by atoms with Crippen molar-refractivity contribution < 1.29 is 116 Å². The predicted molar refractivity (Wildman–Crippen MR) is 224 cm³/mol. The molecule has 0 spiro atoms. The average molecular weight is 1130 g/mol. The van der Waals surface area contributed by atoms with Crippen LogP contribution >= 0.6 is 10.3 Å². The summed E-state index contributed by atoms with van der Waals surface area (Å²) >= 11 is 0. The first-order valence-electron chi connectivity index (χ1n) is 20.5. The van der Waals surface area contributed by atoms with Crippen molar-refractivity contribution in [2.45, 2.75) is 14.7 Å². The van der Waals surface area contributed by atoms with E-state index in [0.717, 1.165) is 7.11 Å². The van der Waals surface area contributed by atoms with Gasteiger partial charge in [-0.05, 0) is 52.8 Å². The van der Waals surface area contributed by atoms with Crippen LogP contribution in [0.25, 0.3) is 11.1 Å². The van der Waals surface area contributed by atoms with E-state index >= 15 is 48.7 Å². The van der Waals surface area contributed by atoms with Crippen LogP contribution in [0.15, 0.2) is 106 Å². The zero-order valence-electron chi connectivity index (χ0n) is 37.1. The molecule has 0 unspecified atom stereocenters. The Labute approximate surface area is 417 Å². The summed E-state index contributed by atoms with van der Waals surface area (Å²) < 4.78 is 331. The molecular formula is C50H18F20O6S. The van der Waals surface area contributed by atoms with Gasteiger partial charge in [0.05, 0.1) is 18.2 Å². The molecule has 8 rings (SSSR count). The topological polar surface area (TPSA) is 63.2 Å². The Morgan fingerprint density at radius 1 is 0.338 bits per heavy atom. The van der Waals surface area contributed by atoms with E-state index in [1.54, 1.807) is 0 Å². The summed E-state index contributed by atoms with van der Waals surface area (Å²) in [6.45, 7) is 0. The summed E-state index contributed by atoms with van der Waals surface area (Å²) in [5, 5.41) is 0. The Balaban J connectivity index is 1.63. The third-order valence-electron chi connectivity index (χ3n) is 10.7. The third-order valence-corrected chi connectivity index (χ3v) is 13.9. The first kappa shape index (κ1) is 54.6. The van der Waals surface area contributed by atoms with Gasteiger partial charge in [0.1, 0.15) is 5.75 Å². The quantitative estimate of drug-likeness (QED) is 0.0651. The Morgan fingerprint density at radius 3 is 1.06 bits per heavy atom. The van der Waals surface area contributed by atoms with E-state index < -0.39 is 184 Å². The number of carbonyl (C=O) groups excluding carboxylic acids is 1. The third kappa shape index (κ3) is 9.05. The highest BCUT2D eigenvalue weighted by atomic mass is 32.3. The summed E-state index contributed by atoms with van der Waals surface area (Å²) in [7, 11) is -2.87. The van der Waals surface area contributed by atoms with E-state index in [1.165, 1.54) is 84.9 Å². The average Bonchev–Trinajstić information content (AvgIpc) is 3.44. The van der Waals surface area contributed by atoms with Crippen LogP contribution in [0.2, 0.25) is 0 Å². The van der Waals surface area contributed by atoms with Gasteiger partial charge in [0.2, 0.25) is 116 Å². The van der Waals surface area contributed by atoms with Gasteiger partial charge in [-0.15, -0.1) is 0 Å². The monoisotopic (exact) mass is 1130 g/mol. The van der Waals surface area contributed by atoms with Gasteiger partial charge in [-0.1, -0.05) is 42.5 Å². The van der Waals surface area contributed by atoms with Gasteiger partial charge in [-0.25, -0.2) is 66.3 Å². The van der Waals surface area contributed by atoms with Gasteiger partial charge in [-0.3, -0.25) is 0 Å². The molecule has 0 aliphatic carbocycles. The van der Waals surface area contributed by atoms with Gasteiger partial charge >= 0.3 is 5.97 Å². The summed E-state index contributed by atoms with van der Waals surface area (Å²) in [5.74, 6) is -79.9. The summed E-state index contributed by atoms with van der Waals surface area (Å²) in [6, 6.07) is 17.8. The number of carbonyl (C=O) groups is 1. The molecule has 77 heavy (non-hydrogen) atoms. The summed E-state index contributed by atoms with van der Waals surface area (Å²) in [4.78, 5) is 15.1. The van der Waals surface area contributed by atoms with Crippen molar-refractivity contribution in [3.8, 4) is 51.4 Å².